The SMILES string of the molecule is Cc1ccc(C(C)(C)CNCO)c(C)c1C. The van der Waals surface area contributed by atoms with Gasteiger partial charge in [-0.1, -0.05) is 26.0 Å². The predicted molar refractivity (Wildman–Crippen MR) is 68.8 cm³/mol. The van der Waals surface area contributed by atoms with Crippen molar-refractivity contribution in [3.8, 4) is 0 Å². The van der Waals surface area contributed by atoms with E-state index in [4.69, 9.17) is 5.11 Å². The minimum atomic E-state index is 0.0350. The van der Waals surface area contributed by atoms with E-state index in [1.807, 2.05) is 0 Å². The Morgan fingerprint density at radius 3 is 2.31 bits per heavy atom. The monoisotopic (exact) mass is 221 g/mol. The Labute approximate surface area is 98.7 Å². The molecule has 2 nitrogen and oxygen atoms in total. The van der Waals surface area contributed by atoms with E-state index < -0.39 is 0 Å². The number of nitrogens with one attached hydrogen (secondary N) is 1. The molecule has 0 fully saturated rings. The zero-order valence-corrected chi connectivity index (χ0v) is 11.0. The third kappa shape index (κ3) is 2.63. The molecule has 2 N–H and O–H groups in total. The van der Waals surface area contributed by atoms with Gasteiger partial charge in [0.2, 0.25) is 0 Å². The highest BCUT2D eigenvalue weighted by atomic mass is 16.3. The standard InChI is InChI=1S/C14H23NO/c1-10-6-7-13(12(3)11(10)2)14(4,5)8-15-9-16/h6-7,15-16H,8-9H2,1-5H3. The van der Waals surface area contributed by atoms with Gasteiger partial charge in [0.15, 0.2) is 0 Å². The van der Waals surface area contributed by atoms with Gasteiger partial charge in [0.05, 0.1) is 6.73 Å². The molecule has 0 radical (unpaired) electrons. The molecule has 0 heterocycles. The molecular weight excluding hydrogens is 198 g/mol. The second-order valence-electron chi connectivity index (χ2n) is 5.15. The lowest BCUT2D eigenvalue weighted by Gasteiger charge is -2.28. The van der Waals surface area contributed by atoms with Gasteiger partial charge in [0.25, 0.3) is 0 Å². The number of aryl methyl sites for hydroxylation is 1. The summed E-state index contributed by atoms with van der Waals surface area (Å²) in [4.78, 5) is 0. The Balaban J connectivity index is 3.08. The summed E-state index contributed by atoms with van der Waals surface area (Å²) in [5.41, 5.74) is 5.48. The molecule has 1 aromatic rings. The van der Waals surface area contributed by atoms with Crippen molar-refractivity contribution in [2.75, 3.05) is 13.3 Å². The van der Waals surface area contributed by atoms with Gasteiger partial charge in [-0.2, -0.15) is 0 Å². The van der Waals surface area contributed by atoms with Gasteiger partial charge < -0.3 is 5.11 Å². The van der Waals surface area contributed by atoms with Crippen LogP contribution in [-0.2, 0) is 5.41 Å². The van der Waals surface area contributed by atoms with Crippen molar-refractivity contribution < 1.29 is 5.11 Å². The number of benzene rings is 1. The second-order valence-corrected chi connectivity index (χ2v) is 5.15. The molecule has 16 heavy (non-hydrogen) atoms. The van der Waals surface area contributed by atoms with Crippen molar-refractivity contribution in [2.45, 2.75) is 40.0 Å². The summed E-state index contributed by atoms with van der Waals surface area (Å²) >= 11 is 0. The molecule has 0 bridgehead atoms. The van der Waals surface area contributed by atoms with Gasteiger partial charge in [-0.15, -0.1) is 0 Å². The van der Waals surface area contributed by atoms with Crippen LogP contribution in [0.1, 0.15) is 36.1 Å². The zero-order valence-electron chi connectivity index (χ0n) is 11.0. The van der Waals surface area contributed by atoms with Gasteiger partial charge in [0.1, 0.15) is 0 Å². The lowest BCUT2D eigenvalue weighted by Crippen LogP contribution is -2.34. The van der Waals surface area contributed by atoms with Gasteiger partial charge in [-0.25, -0.2) is 0 Å². The number of aliphatic hydroxyl groups is 1. The molecule has 0 amide bonds. The van der Waals surface area contributed by atoms with Crippen molar-refractivity contribution in [1.29, 1.82) is 0 Å². The topological polar surface area (TPSA) is 32.3 Å². The maximum absolute atomic E-state index is 8.83. The maximum atomic E-state index is 8.83. The van der Waals surface area contributed by atoms with Crippen molar-refractivity contribution in [3.05, 3.63) is 34.4 Å². The fourth-order valence-corrected chi connectivity index (χ4v) is 2.15. The van der Waals surface area contributed by atoms with E-state index >= 15 is 0 Å². The minimum Gasteiger partial charge on any atom is -0.381 e. The molecule has 0 aliphatic rings. The first kappa shape index (κ1) is 13.2. The Bertz CT molecular complexity index is 369. The molecule has 0 saturated carbocycles. The Morgan fingerprint density at radius 1 is 1.12 bits per heavy atom. The molecule has 0 atom stereocenters. The fourth-order valence-electron chi connectivity index (χ4n) is 2.15. The van der Waals surface area contributed by atoms with E-state index in [1.165, 1.54) is 22.3 Å². The van der Waals surface area contributed by atoms with Crippen LogP contribution in [0.15, 0.2) is 12.1 Å². The smallest absolute Gasteiger partial charge is 0.0931 e. The van der Waals surface area contributed by atoms with Crippen LogP contribution in [0.3, 0.4) is 0 Å². The van der Waals surface area contributed by atoms with Gasteiger partial charge >= 0.3 is 0 Å². The molecule has 90 valence electrons. The number of hydrogen-bond acceptors (Lipinski definition) is 2. The average Bonchev–Trinajstić information content (AvgIpc) is 2.23. The maximum Gasteiger partial charge on any atom is 0.0931 e. The predicted octanol–water partition coefficient (Wildman–Crippen LogP) is 2.43. The van der Waals surface area contributed by atoms with E-state index in [2.05, 4.69) is 52.1 Å². The minimum absolute atomic E-state index is 0.0350. The lowest BCUT2D eigenvalue weighted by molar-refractivity contribution is 0.247. The summed E-state index contributed by atoms with van der Waals surface area (Å²) in [6.07, 6.45) is 0. The third-order valence-electron chi connectivity index (χ3n) is 3.47. The first-order chi connectivity index (χ1) is 7.40. The summed E-state index contributed by atoms with van der Waals surface area (Å²) in [6.45, 7) is 11.7. The number of aliphatic hydroxyl groups excluding tert-OH is 1. The summed E-state index contributed by atoms with van der Waals surface area (Å²) in [6, 6.07) is 4.38. The average molecular weight is 221 g/mol. The largest absolute Gasteiger partial charge is 0.381 e. The molecule has 0 spiro atoms. The van der Waals surface area contributed by atoms with E-state index in [0.29, 0.717) is 0 Å². The zero-order chi connectivity index (χ0) is 12.3. The molecule has 0 aromatic heterocycles. The van der Waals surface area contributed by atoms with Gasteiger partial charge in [0, 0.05) is 12.0 Å². The van der Waals surface area contributed by atoms with Gasteiger partial charge in [-0.05, 0) is 43.0 Å². The Hall–Kier alpha value is -0.860. The molecule has 1 aromatic carbocycles. The van der Waals surface area contributed by atoms with Crippen LogP contribution >= 0.6 is 0 Å². The van der Waals surface area contributed by atoms with Crippen LogP contribution in [0.5, 0.6) is 0 Å². The summed E-state index contributed by atoms with van der Waals surface area (Å²) in [7, 11) is 0. The Morgan fingerprint density at radius 2 is 1.75 bits per heavy atom. The number of hydrogen-bond donors (Lipinski definition) is 2. The van der Waals surface area contributed by atoms with E-state index in [0.717, 1.165) is 6.54 Å². The van der Waals surface area contributed by atoms with Gasteiger partial charge in [-0.3, -0.25) is 5.32 Å². The van der Waals surface area contributed by atoms with Crippen molar-refractivity contribution in [3.63, 3.8) is 0 Å². The van der Waals surface area contributed by atoms with Crippen LogP contribution in [-0.4, -0.2) is 18.4 Å². The molecule has 0 aliphatic heterocycles. The molecule has 1 rings (SSSR count). The van der Waals surface area contributed by atoms with E-state index in [-0.39, 0.29) is 12.1 Å². The van der Waals surface area contributed by atoms with Crippen molar-refractivity contribution in [1.82, 2.24) is 5.32 Å². The van der Waals surface area contributed by atoms with Crippen molar-refractivity contribution in [2.24, 2.45) is 0 Å². The molecule has 0 unspecified atom stereocenters. The summed E-state index contributed by atoms with van der Waals surface area (Å²) in [5, 5.41) is 11.8. The quantitative estimate of drug-likeness (QED) is 0.765. The molecule has 0 saturated heterocycles. The van der Waals surface area contributed by atoms with Crippen LogP contribution < -0.4 is 5.32 Å². The molecular formula is C14H23NO. The summed E-state index contributed by atoms with van der Waals surface area (Å²) in [5.74, 6) is 0. The van der Waals surface area contributed by atoms with E-state index in [1.54, 1.807) is 0 Å². The first-order valence-electron chi connectivity index (χ1n) is 5.79. The van der Waals surface area contributed by atoms with Crippen LogP contribution in [0.4, 0.5) is 0 Å². The lowest BCUT2D eigenvalue weighted by atomic mass is 9.80. The number of rotatable bonds is 4. The highest BCUT2D eigenvalue weighted by molar-refractivity contribution is 5.42. The molecule has 0 aliphatic carbocycles. The van der Waals surface area contributed by atoms with Crippen LogP contribution in [0.25, 0.3) is 0 Å². The summed E-state index contributed by atoms with van der Waals surface area (Å²) < 4.78 is 0. The highest BCUT2D eigenvalue weighted by Gasteiger charge is 2.22. The first-order valence-corrected chi connectivity index (χ1v) is 5.79. The van der Waals surface area contributed by atoms with Crippen LogP contribution in [0.2, 0.25) is 0 Å². The van der Waals surface area contributed by atoms with Crippen LogP contribution in [0, 0.1) is 20.8 Å². The second kappa shape index (κ2) is 4.98. The molecule has 2 heteroatoms. The Kier molecular flexibility index (Phi) is 4.11. The highest BCUT2D eigenvalue weighted by Crippen LogP contribution is 2.28. The van der Waals surface area contributed by atoms with E-state index in [9.17, 15) is 0 Å². The van der Waals surface area contributed by atoms with Crippen molar-refractivity contribution >= 4 is 0 Å². The third-order valence-corrected chi connectivity index (χ3v) is 3.47. The fraction of sp³-hybridized carbons (Fsp3) is 0.571. The normalized spacial score (nSPS) is 11.9.